The fourth-order valence-electron chi connectivity index (χ4n) is 3.95. The molecule has 12 heteroatoms. The van der Waals surface area contributed by atoms with Crippen molar-refractivity contribution >= 4 is 27.9 Å². The molecule has 172 valence electrons. The van der Waals surface area contributed by atoms with Crippen molar-refractivity contribution in [2.45, 2.75) is 43.7 Å². The summed E-state index contributed by atoms with van der Waals surface area (Å²) in [6, 6.07) is 2.00. The van der Waals surface area contributed by atoms with Crippen LogP contribution in [0.15, 0.2) is 21.6 Å². The summed E-state index contributed by atoms with van der Waals surface area (Å²) in [4.78, 5) is 37.2. The molecular weight excluding hydrogens is 426 g/mol. The van der Waals surface area contributed by atoms with Crippen LogP contribution in [0.25, 0.3) is 0 Å². The highest BCUT2D eigenvalue weighted by Gasteiger charge is 2.32. The van der Waals surface area contributed by atoms with Gasteiger partial charge in [0.25, 0.3) is 15.9 Å². The number of amides is 4. The zero-order valence-corrected chi connectivity index (χ0v) is 18.3. The van der Waals surface area contributed by atoms with Crippen LogP contribution in [0.3, 0.4) is 0 Å². The minimum Gasteiger partial charge on any atom is -0.438 e. The van der Waals surface area contributed by atoms with Crippen molar-refractivity contribution in [3.63, 3.8) is 0 Å². The Labute approximate surface area is 181 Å². The second-order valence-electron chi connectivity index (χ2n) is 8.05. The molecule has 2 unspecified atom stereocenters. The molecule has 4 amide bonds. The summed E-state index contributed by atoms with van der Waals surface area (Å²) in [7, 11) is -3.90. The second-order valence-corrected chi connectivity index (χ2v) is 9.92. The minimum absolute atomic E-state index is 0.00585. The first kappa shape index (κ1) is 23.2. The van der Waals surface area contributed by atoms with E-state index < -0.39 is 27.9 Å². The van der Waals surface area contributed by atoms with Gasteiger partial charge in [-0.3, -0.25) is 19.8 Å². The molecule has 1 aliphatic heterocycles. The van der Waals surface area contributed by atoms with E-state index >= 15 is 0 Å². The largest absolute Gasteiger partial charge is 0.438 e. The number of furan rings is 1. The number of sulfonamides is 1. The molecule has 2 atom stereocenters. The Balaban J connectivity index is 1.45. The lowest BCUT2D eigenvalue weighted by atomic mass is 9.86. The topological polar surface area (TPSA) is 155 Å². The number of carbonyl (C=O) groups excluding carboxylic acids is 3. The van der Waals surface area contributed by atoms with Gasteiger partial charge >= 0.3 is 6.03 Å². The van der Waals surface area contributed by atoms with Crippen molar-refractivity contribution in [3.05, 3.63) is 17.9 Å². The van der Waals surface area contributed by atoms with E-state index in [1.165, 1.54) is 16.4 Å². The first-order valence-electron chi connectivity index (χ1n) is 10.4. The highest BCUT2D eigenvalue weighted by atomic mass is 32.2. The lowest BCUT2D eigenvalue weighted by molar-refractivity contribution is -0.121. The lowest BCUT2D eigenvalue weighted by Gasteiger charge is -2.33. The number of hydrogen-bond donors (Lipinski definition) is 3. The molecule has 0 bridgehead atoms. The van der Waals surface area contributed by atoms with Crippen molar-refractivity contribution in [1.82, 2.24) is 19.8 Å². The molecule has 4 N–H and O–H groups in total. The number of nitrogens with one attached hydrogen (secondary N) is 2. The summed E-state index contributed by atoms with van der Waals surface area (Å²) < 4.78 is 31.6. The number of nitrogens with zero attached hydrogens (tertiary/aromatic N) is 2. The highest BCUT2D eigenvalue weighted by Crippen LogP contribution is 2.23. The SMILES string of the molecule is CC1CCCCC1NC(=O)NC(=O)CN1CCN(S(=O)(=O)c2ccc(C(N)=O)o2)CC1. The van der Waals surface area contributed by atoms with Gasteiger partial charge in [0.1, 0.15) is 0 Å². The molecule has 0 radical (unpaired) electrons. The van der Waals surface area contributed by atoms with Crippen LogP contribution >= 0.6 is 0 Å². The number of primary amides is 1. The van der Waals surface area contributed by atoms with Crippen LogP contribution in [-0.2, 0) is 14.8 Å². The molecule has 1 saturated heterocycles. The van der Waals surface area contributed by atoms with E-state index in [9.17, 15) is 22.8 Å². The van der Waals surface area contributed by atoms with Gasteiger partial charge in [-0.2, -0.15) is 4.31 Å². The van der Waals surface area contributed by atoms with Crippen molar-refractivity contribution in [1.29, 1.82) is 0 Å². The summed E-state index contributed by atoms with van der Waals surface area (Å²) in [6.07, 6.45) is 4.20. The Kier molecular flexibility index (Phi) is 7.34. The molecule has 11 nitrogen and oxygen atoms in total. The molecule has 2 aliphatic rings. The van der Waals surface area contributed by atoms with E-state index in [0.29, 0.717) is 19.0 Å². The fourth-order valence-corrected chi connectivity index (χ4v) is 5.28. The summed E-state index contributed by atoms with van der Waals surface area (Å²) in [5.41, 5.74) is 5.09. The second kappa shape index (κ2) is 9.79. The van der Waals surface area contributed by atoms with Gasteiger partial charge in [-0.1, -0.05) is 19.8 Å². The zero-order valence-electron chi connectivity index (χ0n) is 17.5. The molecule has 1 aromatic heterocycles. The van der Waals surface area contributed by atoms with Crippen molar-refractivity contribution < 1.29 is 27.2 Å². The molecule has 1 saturated carbocycles. The van der Waals surface area contributed by atoms with Gasteiger partial charge in [-0.25, -0.2) is 13.2 Å². The molecule has 2 heterocycles. The Morgan fingerprint density at radius 1 is 1.13 bits per heavy atom. The van der Waals surface area contributed by atoms with E-state index in [0.717, 1.165) is 25.7 Å². The van der Waals surface area contributed by atoms with E-state index in [-0.39, 0.29) is 36.5 Å². The number of piperazine rings is 1. The Morgan fingerprint density at radius 2 is 1.81 bits per heavy atom. The fraction of sp³-hybridized carbons (Fsp3) is 0.632. The molecule has 3 rings (SSSR count). The van der Waals surface area contributed by atoms with Crippen molar-refractivity contribution in [2.75, 3.05) is 32.7 Å². The summed E-state index contributed by atoms with van der Waals surface area (Å²) in [6.45, 7) is 3.02. The molecular formula is C19H29N5O6S. The number of urea groups is 1. The minimum atomic E-state index is -3.90. The maximum absolute atomic E-state index is 12.6. The van der Waals surface area contributed by atoms with E-state index in [1.54, 1.807) is 4.90 Å². The molecule has 0 aromatic carbocycles. The summed E-state index contributed by atoms with van der Waals surface area (Å²) >= 11 is 0. The standard InChI is InChI=1S/C19H29N5O6S/c1-13-4-2-3-5-14(13)21-19(27)22-16(25)12-23-8-10-24(11-9-23)31(28,29)17-7-6-15(30-17)18(20)26/h6-7,13-14H,2-5,8-12H2,1H3,(H2,20,26)(H2,21,22,25,27). The average molecular weight is 456 g/mol. The van der Waals surface area contributed by atoms with Gasteiger partial charge in [0.2, 0.25) is 11.0 Å². The Hall–Kier alpha value is -2.44. The maximum Gasteiger partial charge on any atom is 0.321 e. The highest BCUT2D eigenvalue weighted by molar-refractivity contribution is 7.89. The number of rotatable bonds is 6. The van der Waals surface area contributed by atoms with Crippen molar-refractivity contribution in [3.8, 4) is 0 Å². The monoisotopic (exact) mass is 455 g/mol. The van der Waals surface area contributed by atoms with Crippen LogP contribution in [-0.4, -0.2) is 74.2 Å². The average Bonchev–Trinajstić information content (AvgIpc) is 3.21. The molecule has 1 aromatic rings. The predicted octanol–water partition coefficient (Wildman–Crippen LogP) is 0.0893. The number of hydrogen-bond acceptors (Lipinski definition) is 7. The van der Waals surface area contributed by atoms with Gasteiger partial charge in [0.05, 0.1) is 6.54 Å². The van der Waals surface area contributed by atoms with Gasteiger partial charge in [0.15, 0.2) is 5.76 Å². The van der Waals surface area contributed by atoms with Crippen LogP contribution < -0.4 is 16.4 Å². The summed E-state index contributed by atoms with van der Waals surface area (Å²) in [5.74, 6) is -1.12. The van der Waals surface area contributed by atoms with E-state index in [1.807, 2.05) is 0 Å². The van der Waals surface area contributed by atoms with Crippen LogP contribution in [0.1, 0.15) is 43.2 Å². The molecule has 0 spiro atoms. The molecule has 2 fully saturated rings. The van der Waals surface area contributed by atoms with E-state index in [2.05, 4.69) is 17.6 Å². The van der Waals surface area contributed by atoms with E-state index in [4.69, 9.17) is 10.2 Å². The summed E-state index contributed by atoms with van der Waals surface area (Å²) in [5, 5.41) is 4.88. The number of nitrogens with two attached hydrogens (primary N) is 1. The third-order valence-electron chi connectivity index (χ3n) is 5.80. The first-order valence-corrected chi connectivity index (χ1v) is 11.8. The first-order chi connectivity index (χ1) is 14.7. The Morgan fingerprint density at radius 3 is 2.42 bits per heavy atom. The number of carbonyl (C=O) groups is 3. The van der Waals surface area contributed by atoms with Gasteiger partial charge in [-0.05, 0) is 30.9 Å². The van der Waals surface area contributed by atoms with Crippen LogP contribution in [0.5, 0.6) is 0 Å². The van der Waals surface area contributed by atoms with Crippen LogP contribution in [0.4, 0.5) is 4.79 Å². The van der Waals surface area contributed by atoms with Gasteiger partial charge < -0.3 is 15.5 Å². The maximum atomic E-state index is 12.6. The lowest BCUT2D eigenvalue weighted by Crippen LogP contribution is -2.53. The quantitative estimate of drug-likeness (QED) is 0.549. The Bertz CT molecular complexity index is 922. The normalized spacial score (nSPS) is 23.3. The van der Waals surface area contributed by atoms with Gasteiger partial charge in [-0.15, -0.1) is 0 Å². The number of imide groups is 1. The van der Waals surface area contributed by atoms with Crippen molar-refractivity contribution in [2.24, 2.45) is 11.7 Å². The van der Waals surface area contributed by atoms with Crippen LogP contribution in [0, 0.1) is 5.92 Å². The molecule has 1 aliphatic carbocycles. The predicted molar refractivity (Wildman–Crippen MR) is 111 cm³/mol. The third kappa shape index (κ3) is 5.83. The van der Waals surface area contributed by atoms with Gasteiger partial charge in [0, 0.05) is 32.2 Å². The third-order valence-corrected chi connectivity index (χ3v) is 7.57. The van der Waals surface area contributed by atoms with Crippen LogP contribution in [0.2, 0.25) is 0 Å². The zero-order chi connectivity index (χ0) is 22.6. The smallest absolute Gasteiger partial charge is 0.321 e. The molecule has 31 heavy (non-hydrogen) atoms.